The molecule has 0 atom stereocenters. The molecule has 2 nitrogen and oxygen atoms in total. The van der Waals surface area contributed by atoms with Crippen LogP contribution in [0, 0.1) is 0 Å². The summed E-state index contributed by atoms with van der Waals surface area (Å²) in [6, 6.07) is 51.2. The van der Waals surface area contributed by atoms with Gasteiger partial charge in [-0.3, -0.25) is 0 Å². The van der Waals surface area contributed by atoms with Gasteiger partial charge in [-0.1, -0.05) is 105 Å². The fourth-order valence-electron chi connectivity index (χ4n) is 7.66. The van der Waals surface area contributed by atoms with Crippen molar-refractivity contribution in [1.29, 1.82) is 0 Å². The van der Waals surface area contributed by atoms with Crippen molar-refractivity contribution in [3.05, 3.63) is 156 Å². The maximum Gasteiger partial charge on any atom is 0.0640 e. The molecule has 0 bridgehead atoms. The molecule has 47 heavy (non-hydrogen) atoms. The SMILES string of the molecule is C1=C(c2ccc3c(c2)c2ccccc2n3-c2cccc3c2sc2ccccc23)CCc2c1c1ccccc1n2-c1ccccc1.CC. The summed E-state index contributed by atoms with van der Waals surface area (Å²) in [6.45, 7) is 4.00. The molecular weight excluding hydrogens is 589 g/mol. The summed E-state index contributed by atoms with van der Waals surface area (Å²) in [5, 5.41) is 6.58. The van der Waals surface area contributed by atoms with Crippen LogP contribution in [0.5, 0.6) is 0 Å². The van der Waals surface area contributed by atoms with Crippen molar-refractivity contribution in [3.63, 3.8) is 0 Å². The first-order valence-electron chi connectivity index (χ1n) is 16.7. The number of aromatic nitrogens is 2. The lowest BCUT2D eigenvalue weighted by Gasteiger charge is -2.18. The molecule has 10 rings (SSSR count). The summed E-state index contributed by atoms with van der Waals surface area (Å²) < 4.78 is 7.61. The van der Waals surface area contributed by atoms with Gasteiger partial charge in [-0.15, -0.1) is 11.3 Å². The van der Waals surface area contributed by atoms with Crippen molar-refractivity contribution in [1.82, 2.24) is 9.13 Å². The number of para-hydroxylation sites is 3. The zero-order valence-corrected chi connectivity index (χ0v) is 27.4. The highest BCUT2D eigenvalue weighted by molar-refractivity contribution is 7.26. The van der Waals surface area contributed by atoms with Gasteiger partial charge in [-0.25, -0.2) is 0 Å². The normalized spacial score (nSPS) is 12.9. The zero-order valence-electron chi connectivity index (χ0n) is 26.6. The van der Waals surface area contributed by atoms with E-state index in [0.717, 1.165) is 12.8 Å². The van der Waals surface area contributed by atoms with Crippen LogP contribution in [-0.2, 0) is 6.42 Å². The average Bonchev–Trinajstić information content (AvgIpc) is 3.80. The molecule has 3 aromatic heterocycles. The number of hydrogen-bond acceptors (Lipinski definition) is 1. The van der Waals surface area contributed by atoms with E-state index in [2.05, 4.69) is 155 Å². The Morgan fingerprint density at radius 1 is 0.511 bits per heavy atom. The molecule has 0 saturated heterocycles. The molecule has 0 fully saturated rings. The lowest BCUT2D eigenvalue weighted by Crippen LogP contribution is -2.05. The quantitative estimate of drug-likeness (QED) is 0.186. The van der Waals surface area contributed by atoms with Crippen LogP contribution >= 0.6 is 11.3 Å². The first-order valence-corrected chi connectivity index (χ1v) is 17.5. The summed E-state index contributed by atoms with van der Waals surface area (Å²) in [5.41, 5.74) is 11.7. The molecule has 0 radical (unpaired) electrons. The Bertz CT molecular complexity index is 2650. The van der Waals surface area contributed by atoms with Crippen LogP contribution in [0.4, 0.5) is 0 Å². The Morgan fingerprint density at radius 2 is 1.17 bits per heavy atom. The van der Waals surface area contributed by atoms with E-state index >= 15 is 0 Å². The molecule has 3 heteroatoms. The second-order valence-corrected chi connectivity index (χ2v) is 13.1. The van der Waals surface area contributed by atoms with Gasteiger partial charge in [0.05, 0.1) is 26.9 Å². The van der Waals surface area contributed by atoms with E-state index in [0.29, 0.717) is 0 Å². The van der Waals surface area contributed by atoms with Gasteiger partial charge in [0.15, 0.2) is 0 Å². The second-order valence-electron chi connectivity index (χ2n) is 12.1. The van der Waals surface area contributed by atoms with Gasteiger partial charge < -0.3 is 9.13 Å². The smallest absolute Gasteiger partial charge is 0.0640 e. The van der Waals surface area contributed by atoms with E-state index in [1.165, 1.54) is 86.6 Å². The molecule has 0 saturated carbocycles. The van der Waals surface area contributed by atoms with E-state index in [4.69, 9.17) is 0 Å². The molecule has 9 aromatic rings. The van der Waals surface area contributed by atoms with Crippen LogP contribution in [0.25, 0.3) is 75.9 Å². The van der Waals surface area contributed by atoms with E-state index in [1.54, 1.807) is 0 Å². The molecule has 0 spiro atoms. The van der Waals surface area contributed by atoms with Crippen LogP contribution in [0.1, 0.15) is 37.1 Å². The van der Waals surface area contributed by atoms with Gasteiger partial charge in [0.25, 0.3) is 0 Å². The fraction of sp³-hybridized carbons (Fsp3) is 0.0909. The zero-order chi connectivity index (χ0) is 31.5. The van der Waals surface area contributed by atoms with Gasteiger partial charge >= 0.3 is 0 Å². The highest BCUT2D eigenvalue weighted by Gasteiger charge is 2.23. The summed E-state index contributed by atoms with van der Waals surface area (Å²) >= 11 is 1.89. The second kappa shape index (κ2) is 11.2. The van der Waals surface area contributed by atoms with Gasteiger partial charge in [0.2, 0.25) is 0 Å². The topological polar surface area (TPSA) is 9.86 Å². The van der Waals surface area contributed by atoms with Crippen molar-refractivity contribution in [2.75, 3.05) is 0 Å². The predicted octanol–water partition coefficient (Wildman–Crippen LogP) is 12.6. The van der Waals surface area contributed by atoms with E-state index in [-0.39, 0.29) is 0 Å². The van der Waals surface area contributed by atoms with Crippen LogP contribution in [0.2, 0.25) is 0 Å². The highest BCUT2D eigenvalue weighted by Crippen LogP contribution is 2.43. The van der Waals surface area contributed by atoms with E-state index in [1.807, 2.05) is 25.2 Å². The van der Waals surface area contributed by atoms with Crippen LogP contribution < -0.4 is 0 Å². The van der Waals surface area contributed by atoms with Gasteiger partial charge in [-0.05, 0) is 78.6 Å². The van der Waals surface area contributed by atoms with Crippen molar-refractivity contribution in [2.24, 2.45) is 0 Å². The Kier molecular flexibility index (Phi) is 6.62. The first-order chi connectivity index (χ1) is 23.3. The number of rotatable bonds is 3. The molecular formula is C44H34N2S. The average molecular weight is 623 g/mol. The lowest BCUT2D eigenvalue weighted by atomic mass is 9.90. The molecule has 0 unspecified atom stereocenters. The molecule has 1 aliphatic carbocycles. The Morgan fingerprint density at radius 3 is 2.00 bits per heavy atom. The molecule has 1 aliphatic rings. The van der Waals surface area contributed by atoms with E-state index < -0.39 is 0 Å². The highest BCUT2D eigenvalue weighted by atomic mass is 32.1. The van der Waals surface area contributed by atoms with Crippen molar-refractivity contribution >= 4 is 75.9 Å². The number of thiophene rings is 1. The molecule has 0 N–H and O–H groups in total. The summed E-state index contributed by atoms with van der Waals surface area (Å²) in [4.78, 5) is 0. The number of allylic oxidation sites excluding steroid dienone is 1. The van der Waals surface area contributed by atoms with Gasteiger partial charge in [-0.2, -0.15) is 0 Å². The predicted molar refractivity (Wildman–Crippen MR) is 204 cm³/mol. The summed E-state index contributed by atoms with van der Waals surface area (Å²) in [6.07, 6.45) is 4.48. The first kappa shape index (κ1) is 27.9. The standard InChI is InChI=1S/C42H28N2S.C2H6/c1-2-11-29(12-3-1)43-36-17-7-4-13-30(36)34-25-27(21-23-38(34)43)28-22-24-39-35(26-28)31-14-5-8-18-37(31)44(39)40-19-10-16-33-32-15-6-9-20-41(32)45-42(33)40;1-2/h1-20,22,24-26H,21,23H2;1-2H3. The Balaban J connectivity index is 0.00000149. The van der Waals surface area contributed by atoms with Crippen LogP contribution in [0.3, 0.4) is 0 Å². The summed E-state index contributed by atoms with van der Waals surface area (Å²) in [7, 11) is 0. The minimum Gasteiger partial charge on any atom is -0.313 e. The van der Waals surface area contributed by atoms with Crippen molar-refractivity contribution < 1.29 is 0 Å². The minimum absolute atomic E-state index is 1.01. The minimum atomic E-state index is 1.01. The summed E-state index contributed by atoms with van der Waals surface area (Å²) in [5.74, 6) is 0. The molecule has 0 aliphatic heterocycles. The number of hydrogen-bond donors (Lipinski definition) is 0. The molecule has 0 amide bonds. The Labute approximate surface area is 278 Å². The molecule has 3 heterocycles. The van der Waals surface area contributed by atoms with Crippen LogP contribution in [0.15, 0.2) is 140 Å². The Hall–Kier alpha value is -5.38. The maximum absolute atomic E-state index is 2.48. The monoisotopic (exact) mass is 622 g/mol. The number of benzene rings is 6. The van der Waals surface area contributed by atoms with Crippen molar-refractivity contribution in [2.45, 2.75) is 26.7 Å². The third-order valence-electron chi connectivity index (χ3n) is 9.65. The van der Waals surface area contributed by atoms with Gasteiger partial charge in [0, 0.05) is 48.6 Å². The lowest BCUT2D eigenvalue weighted by molar-refractivity contribution is 0.898. The number of nitrogens with zero attached hydrogens (tertiary/aromatic N) is 2. The number of fused-ring (bicyclic) bond motifs is 9. The van der Waals surface area contributed by atoms with E-state index in [9.17, 15) is 0 Å². The largest absolute Gasteiger partial charge is 0.313 e. The third-order valence-corrected chi connectivity index (χ3v) is 10.9. The molecule has 226 valence electrons. The fourth-order valence-corrected chi connectivity index (χ4v) is 8.87. The van der Waals surface area contributed by atoms with Gasteiger partial charge in [0.1, 0.15) is 0 Å². The third kappa shape index (κ3) is 4.23. The maximum atomic E-state index is 2.48. The van der Waals surface area contributed by atoms with Crippen molar-refractivity contribution in [3.8, 4) is 11.4 Å². The van der Waals surface area contributed by atoms with Crippen LogP contribution in [-0.4, -0.2) is 9.13 Å². The molecule has 6 aromatic carbocycles.